The summed E-state index contributed by atoms with van der Waals surface area (Å²) in [5, 5.41) is 9.87. The average molecular weight is 545 g/mol. The molecular formula is C31H33ClN4O3. The molecule has 0 spiro atoms. The molecule has 1 saturated heterocycles. The molecular weight excluding hydrogens is 512 g/mol. The monoisotopic (exact) mass is 544 g/mol. The molecule has 2 aliphatic rings. The number of halogens is 1. The third-order valence-electron chi connectivity index (χ3n) is 7.46. The van der Waals surface area contributed by atoms with Crippen molar-refractivity contribution >= 4 is 35.0 Å². The molecule has 0 bridgehead atoms. The molecule has 0 unspecified atom stereocenters. The van der Waals surface area contributed by atoms with Crippen molar-refractivity contribution in [1.82, 2.24) is 15.5 Å². The summed E-state index contributed by atoms with van der Waals surface area (Å²) < 4.78 is 0. The van der Waals surface area contributed by atoms with Crippen LogP contribution in [0.1, 0.15) is 47.5 Å². The van der Waals surface area contributed by atoms with E-state index in [2.05, 4.69) is 40.2 Å². The average Bonchev–Trinajstić information content (AvgIpc) is 3.74. The van der Waals surface area contributed by atoms with Gasteiger partial charge in [-0.25, -0.2) is 0 Å². The summed E-state index contributed by atoms with van der Waals surface area (Å²) in [7, 11) is 0. The third-order valence-corrected chi connectivity index (χ3v) is 7.72. The molecule has 1 saturated carbocycles. The van der Waals surface area contributed by atoms with Crippen molar-refractivity contribution < 1.29 is 14.4 Å². The lowest BCUT2D eigenvalue weighted by molar-refractivity contribution is -0.134. The number of hydrogen-bond donors (Lipinski definition) is 3. The number of amides is 3. The summed E-state index contributed by atoms with van der Waals surface area (Å²) in [4.78, 5) is 41.1. The fourth-order valence-corrected chi connectivity index (χ4v) is 5.28. The number of carbonyl (C=O) groups is 3. The van der Waals surface area contributed by atoms with Gasteiger partial charge in [0.2, 0.25) is 11.8 Å². The first-order chi connectivity index (χ1) is 19.0. The van der Waals surface area contributed by atoms with Crippen LogP contribution in [0.15, 0.2) is 84.9 Å². The topological polar surface area (TPSA) is 90.5 Å². The zero-order chi connectivity index (χ0) is 27.2. The molecule has 202 valence electrons. The Morgan fingerprint density at radius 2 is 1.51 bits per heavy atom. The first-order valence-corrected chi connectivity index (χ1v) is 13.8. The number of nitrogens with one attached hydrogen (secondary N) is 3. The number of rotatable bonds is 9. The zero-order valence-electron chi connectivity index (χ0n) is 21.7. The molecule has 3 N–H and O–H groups in total. The Morgan fingerprint density at radius 3 is 2.18 bits per heavy atom. The Bertz CT molecular complexity index is 1280. The fourth-order valence-electron chi connectivity index (χ4n) is 5.15. The first-order valence-electron chi connectivity index (χ1n) is 13.5. The van der Waals surface area contributed by atoms with Crippen LogP contribution in [0, 0.1) is 0 Å². The standard InChI is InChI=1S/C31H33ClN4O3/c32-23-11-13-24(14-12-23)34-31(39)28(35-30(38)22-9-5-2-6-10-22)20-29(37)36-17-15-25(16-18-36)33-27-19-26(27)21-7-3-1-4-8-21/h1-14,25-28,33H,15-20H2,(H,34,39)(H,35,38)/t26-,27+,28-/m0/s1. The lowest BCUT2D eigenvalue weighted by Gasteiger charge is -2.33. The van der Waals surface area contributed by atoms with Gasteiger partial charge in [-0.15, -0.1) is 0 Å². The van der Waals surface area contributed by atoms with Crippen LogP contribution in [0.2, 0.25) is 5.02 Å². The highest BCUT2D eigenvalue weighted by molar-refractivity contribution is 6.30. The number of hydrogen-bond acceptors (Lipinski definition) is 4. The molecule has 3 atom stereocenters. The number of carbonyl (C=O) groups excluding carboxylic acids is 3. The summed E-state index contributed by atoms with van der Waals surface area (Å²) in [5.41, 5.74) is 2.34. The Morgan fingerprint density at radius 1 is 0.872 bits per heavy atom. The van der Waals surface area contributed by atoms with Crippen molar-refractivity contribution in [2.24, 2.45) is 0 Å². The minimum atomic E-state index is -1.02. The normalized spacial score (nSPS) is 19.7. The Hall–Kier alpha value is -3.68. The van der Waals surface area contributed by atoms with Gasteiger partial charge in [0.25, 0.3) is 5.91 Å². The van der Waals surface area contributed by atoms with Crippen LogP contribution in [0.3, 0.4) is 0 Å². The van der Waals surface area contributed by atoms with Crippen LogP contribution in [0.5, 0.6) is 0 Å². The van der Waals surface area contributed by atoms with Crippen LogP contribution >= 0.6 is 11.6 Å². The van der Waals surface area contributed by atoms with Gasteiger partial charge in [-0.2, -0.15) is 0 Å². The fraction of sp³-hybridized carbons (Fsp3) is 0.323. The molecule has 3 amide bonds. The van der Waals surface area contributed by atoms with Crippen LogP contribution in [-0.2, 0) is 9.59 Å². The van der Waals surface area contributed by atoms with E-state index in [1.165, 1.54) is 5.56 Å². The molecule has 1 heterocycles. The van der Waals surface area contributed by atoms with E-state index in [1.54, 1.807) is 53.4 Å². The Kier molecular flexibility index (Phi) is 8.59. The lowest BCUT2D eigenvalue weighted by atomic mass is 10.0. The van der Waals surface area contributed by atoms with Gasteiger partial charge in [-0.3, -0.25) is 14.4 Å². The van der Waals surface area contributed by atoms with Crippen molar-refractivity contribution in [3.05, 3.63) is 101 Å². The predicted octanol–water partition coefficient (Wildman–Crippen LogP) is 4.60. The van der Waals surface area contributed by atoms with Crippen LogP contribution in [-0.4, -0.2) is 53.8 Å². The van der Waals surface area contributed by atoms with Gasteiger partial charge in [0, 0.05) is 47.4 Å². The van der Waals surface area contributed by atoms with Crippen LogP contribution in [0.4, 0.5) is 5.69 Å². The van der Waals surface area contributed by atoms with Gasteiger partial charge in [-0.05, 0) is 61.2 Å². The minimum Gasteiger partial charge on any atom is -0.343 e. The molecule has 1 aliphatic carbocycles. The number of nitrogens with zero attached hydrogens (tertiary/aromatic N) is 1. The maximum absolute atomic E-state index is 13.3. The highest BCUT2D eigenvalue weighted by Crippen LogP contribution is 2.41. The number of piperidine rings is 1. The van der Waals surface area contributed by atoms with E-state index in [0.29, 0.717) is 47.4 Å². The van der Waals surface area contributed by atoms with E-state index in [1.807, 2.05) is 12.1 Å². The van der Waals surface area contributed by atoms with Crippen molar-refractivity contribution in [3.63, 3.8) is 0 Å². The maximum Gasteiger partial charge on any atom is 0.251 e. The highest BCUT2D eigenvalue weighted by Gasteiger charge is 2.40. The molecule has 0 aromatic heterocycles. The van der Waals surface area contributed by atoms with Crippen molar-refractivity contribution in [1.29, 1.82) is 0 Å². The van der Waals surface area contributed by atoms with E-state index in [9.17, 15) is 14.4 Å². The van der Waals surface area contributed by atoms with Crippen LogP contribution < -0.4 is 16.0 Å². The Balaban J connectivity index is 1.16. The van der Waals surface area contributed by atoms with Gasteiger partial charge >= 0.3 is 0 Å². The molecule has 2 fully saturated rings. The van der Waals surface area contributed by atoms with Gasteiger partial charge in [0.05, 0.1) is 6.42 Å². The first kappa shape index (κ1) is 26.9. The lowest BCUT2D eigenvalue weighted by Crippen LogP contribution is -2.50. The third kappa shape index (κ3) is 7.25. The number of benzene rings is 3. The van der Waals surface area contributed by atoms with Crippen molar-refractivity contribution in [2.45, 2.75) is 49.7 Å². The van der Waals surface area contributed by atoms with Gasteiger partial charge < -0.3 is 20.9 Å². The summed E-state index contributed by atoms with van der Waals surface area (Å²) >= 11 is 5.95. The molecule has 7 nitrogen and oxygen atoms in total. The second-order valence-electron chi connectivity index (χ2n) is 10.3. The maximum atomic E-state index is 13.3. The van der Waals surface area contributed by atoms with Crippen LogP contribution in [0.25, 0.3) is 0 Å². The molecule has 3 aromatic carbocycles. The number of likely N-dealkylation sites (tertiary alicyclic amines) is 1. The zero-order valence-corrected chi connectivity index (χ0v) is 22.4. The van der Waals surface area contributed by atoms with E-state index in [4.69, 9.17) is 11.6 Å². The largest absolute Gasteiger partial charge is 0.343 e. The molecule has 0 radical (unpaired) electrons. The van der Waals surface area contributed by atoms with E-state index < -0.39 is 17.9 Å². The van der Waals surface area contributed by atoms with Crippen molar-refractivity contribution in [3.8, 4) is 0 Å². The molecule has 8 heteroatoms. The van der Waals surface area contributed by atoms with Gasteiger partial charge in [0.1, 0.15) is 6.04 Å². The molecule has 39 heavy (non-hydrogen) atoms. The summed E-state index contributed by atoms with van der Waals surface area (Å²) in [6.45, 7) is 1.24. The predicted molar refractivity (Wildman–Crippen MR) is 153 cm³/mol. The van der Waals surface area contributed by atoms with E-state index in [-0.39, 0.29) is 12.3 Å². The smallest absolute Gasteiger partial charge is 0.251 e. The van der Waals surface area contributed by atoms with Gasteiger partial charge in [-0.1, -0.05) is 60.1 Å². The SMILES string of the molecule is O=C(N[C@@H](CC(=O)N1CCC(N[C@@H]2C[C@H]2c2ccccc2)CC1)C(=O)Nc1ccc(Cl)cc1)c1ccccc1. The second kappa shape index (κ2) is 12.5. The quantitative estimate of drug-likeness (QED) is 0.367. The molecule has 3 aromatic rings. The second-order valence-corrected chi connectivity index (χ2v) is 10.7. The van der Waals surface area contributed by atoms with E-state index in [0.717, 1.165) is 19.3 Å². The summed E-state index contributed by atoms with van der Waals surface area (Å²) in [6.07, 6.45) is 2.76. The van der Waals surface area contributed by atoms with Crippen molar-refractivity contribution in [2.75, 3.05) is 18.4 Å². The van der Waals surface area contributed by atoms with Gasteiger partial charge in [0.15, 0.2) is 0 Å². The minimum absolute atomic E-state index is 0.116. The molecule has 5 rings (SSSR count). The highest BCUT2D eigenvalue weighted by atomic mass is 35.5. The Labute approximate surface area is 233 Å². The number of anilines is 1. The summed E-state index contributed by atoms with van der Waals surface area (Å²) in [5.74, 6) is -0.433. The van der Waals surface area contributed by atoms with E-state index >= 15 is 0 Å². The summed E-state index contributed by atoms with van der Waals surface area (Å²) in [6, 6.07) is 25.8. The molecule has 1 aliphatic heterocycles.